The van der Waals surface area contributed by atoms with Crippen molar-refractivity contribution in [3.8, 4) is 0 Å². The monoisotopic (exact) mass is 171 g/mol. The maximum Gasteiger partial charge on any atom is 0.321 e. The molecule has 1 N–H and O–H groups in total. The largest absolute Gasteiger partial charge is 0.465 e. The number of hydrogen-bond donors (Lipinski definition) is 1. The summed E-state index contributed by atoms with van der Waals surface area (Å²) in [5.41, 5.74) is -0.948. The zero-order valence-corrected chi connectivity index (χ0v) is 7.35. The first-order chi connectivity index (χ1) is 5.61. The van der Waals surface area contributed by atoms with Crippen LogP contribution in [-0.2, 0) is 14.3 Å². The van der Waals surface area contributed by atoms with Crippen LogP contribution in [0.3, 0.4) is 0 Å². The zero-order chi connectivity index (χ0) is 9.19. The number of esters is 1. The summed E-state index contributed by atoms with van der Waals surface area (Å²) >= 11 is 0. The summed E-state index contributed by atoms with van der Waals surface area (Å²) in [6, 6.07) is 0. The summed E-state index contributed by atoms with van der Waals surface area (Å²) < 4.78 is 4.80. The van der Waals surface area contributed by atoms with E-state index in [1.54, 1.807) is 13.8 Å². The fourth-order valence-electron chi connectivity index (χ4n) is 1.22. The molecule has 1 amide bonds. The number of amides is 1. The quantitative estimate of drug-likeness (QED) is 0.472. The van der Waals surface area contributed by atoms with Gasteiger partial charge in [-0.1, -0.05) is 0 Å². The fraction of sp³-hybridized carbons (Fsp3) is 0.750. The Bertz CT molecular complexity index is 214. The van der Waals surface area contributed by atoms with Crippen molar-refractivity contribution in [3.05, 3.63) is 0 Å². The van der Waals surface area contributed by atoms with E-state index >= 15 is 0 Å². The van der Waals surface area contributed by atoms with E-state index in [0.29, 0.717) is 19.6 Å². The van der Waals surface area contributed by atoms with Crippen molar-refractivity contribution in [3.63, 3.8) is 0 Å². The predicted molar refractivity (Wildman–Crippen MR) is 42.4 cm³/mol. The Morgan fingerprint density at radius 3 is 2.83 bits per heavy atom. The summed E-state index contributed by atoms with van der Waals surface area (Å²) in [7, 11) is 0. The van der Waals surface area contributed by atoms with Crippen molar-refractivity contribution in [1.29, 1.82) is 0 Å². The van der Waals surface area contributed by atoms with Crippen LogP contribution in [0.1, 0.15) is 20.3 Å². The van der Waals surface area contributed by atoms with Gasteiger partial charge in [0.25, 0.3) is 0 Å². The third-order valence-corrected chi connectivity index (χ3v) is 2.14. The van der Waals surface area contributed by atoms with Crippen LogP contribution in [0.15, 0.2) is 0 Å². The second kappa shape index (κ2) is 3.13. The summed E-state index contributed by atoms with van der Waals surface area (Å²) in [5.74, 6) is -0.638. The Balaban J connectivity index is 2.70. The molecule has 0 aromatic heterocycles. The average Bonchev–Trinajstić information content (AvgIpc) is 2.34. The first-order valence-corrected chi connectivity index (χ1v) is 4.07. The molecule has 4 nitrogen and oxygen atoms in total. The van der Waals surface area contributed by atoms with Crippen LogP contribution in [-0.4, -0.2) is 25.0 Å². The minimum atomic E-state index is -0.948. The van der Waals surface area contributed by atoms with E-state index in [1.807, 2.05) is 0 Å². The van der Waals surface area contributed by atoms with Gasteiger partial charge in [-0.05, 0) is 20.3 Å². The van der Waals surface area contributed by atoms with Crippen LogP contribution < -0.4 is 5.32 Å². The summed E-state index contributed by atoms with van der Waals surface area (Å²) in [6.45, 7) is 4.23. The van der Waals surface area contributed by atoms with Gasteiger partial charge in [0, 0.05) is 6.54 Å². The third kappa shape index (κ3) is 1.29. The molecule has 1 saturated heterocycles. The lowest BCUT2D eigenvalue weighted by molar-refractivity contribution is -0.157. The standard InChI is InChI=1S/C8H13NO3/c1-3-12-7(11)8(2)4-5-9-6(8)10/h3-5H2,1-2H3,(H,9,10)/t8-/m0/s1. The van der Waals surface area contributed by atoms with Crippen LogP contribution in [0.4, 0.5) is 0 Å². The smallest absolute Gasteiger partial charge is 0.321 e. The average molecular weight is 171 g/mol. The summed E-state index contributed by atoms with van der Waals surface area (Å²) in [4.78, 5) is 22.5. The van der Waals surface area contributed by atoms with Gasteiger partial charge in [0.05, 0.1) is 6.61 Å². The maximum atomic E-state index is 11.3. The first-order valence-electron chi connectivity index (χ1n) is 4.07. The SMILES string of the molecule is CCOC(=O)[C@@]1(C)CCNC1=O. The van der Waals surface area contributed by atoms with Gasteiger partial charge in [-0.2, -0.15) is 0 Å². The Morgan fingerprint density at radius 1 is 1.75 bits per heavy atom. The van der Waals surface area contributed by atoms with Crippen LogP contribution in [0, 0.1) is 5.41 Å². The Morgan fingerprint density at radius 2 is 2.42 bits per heavy atom. The molecule has 0 spiro atoms. The van der Waals surface area contributed by atoms with Gasteiger partial charge in [-0.25, -0.2) is 0 Å². The molecule has 1 heterocycles. The molecule has 0 bridgehead atoms. The second-order valence-electron chi connectivity index (χ2n) is 3.06. The van der Waals surface area contributed by atoms with Gasteiger partial charge in [-0.3, -0.25) is 9.59 Å². The first kappa shape index (κ1) is 9.03. The molecule has 0 saturated carbocycles. The van der Waals surface area contributed by atoms with Crippen LogP contribution >= 0.6 is 0 Å². The number of ether oxygens (including phenoxy) is 1. The van der Waals surface area contributed by atoms with E-state index in [-0.39, 0.29) is 5.91 Å². The molecule has 4 heteroatoms. The van der Waals surface area contributed by atoms with Gasteiger partial charge in [-0.15, -0.1) is 0 Å². The fourth-order valence-corrected chi connectivity index (χ4v) is 1.22. The lowest BCUT2D eigenvalue weighted by atomic mass is 9.89. The highest BCUT2D eigenvalue weighted by Crippen LogP contribution is 2.27. The number of carbonyl (C=O) groups excluding carboxylic acids is 2. The van der Waals surface area contributed by atoms with E-state index in [0.717, 1.165) is 0 Å². The van der Waals surface area contributed by atoms with E-state index < -0.39 is 11.4 Å². The Kier molecular flexibility index (Phi) is 2.35. The van der Waals surface area contributed by atoms with Gasteiger partial charge >= 0.3 is 5.97 Å². The van der Waals surface area contributed by atoms with Gasteiger partial charge in [0.15, 0.2) is 0 Å². The maximum absolute atomic E-state index is 11.3. The normalized spacial score (nSPS) is 28.3. The van der Waals surface area contributed by atoms with Gasteiger partial charge < -0.3 is 10.1 Å². The molecule has 0 aliphatic carbocycles. The highest BCUT2D eigenvalue weighted by Gasteiger charge is 2.45. The molecule has 1 aliphatic heterocycles. The molecule has 0 unspecified atom stereocenters. The van der Waals surface area contributed by atoms with Crippen molar-refractivity contribution in [2.45, 2.75) is 20.3 Å². The predicted octanol–water partition coefficient (Wildman–Crippen LogP) is 0.0757. The van der Waals surface area contributed by atoms with Crippen LogP contribution in [0.2, 0.25) is 0 Å². The van der Waals surface area contributed by atoms with Gasteiger partial charge in [0.2, 0.25) is 5.91 Å². The summed E-state index contributed by atoms with van der Waals surface area (Å²) in [5, 5.41) is 2.61. The third-order valence-electron chi connectivity index (χ3n) is 2.14. The Hall–Kier alpha value is -1.06. The highest BCUT2D eigenvalue weighted by molar-refractivity contribution is 6.03. The molecule has 1 fully saturated rings. The second-order valence-corrected chi connectivity index (χ2v) is 3.06. The minimum absolute atomic E-state index is 0.221. The van der Waals surface area contributed by atoms with E-state index in [2.05, 4.69) is 5.32 Å². The van der Waals surface area contributed by atoms with Crippen LogP contribution in [0.5, 0.6) is 0 Å². The van der Waals surface area contributed by atoms with E-state index in [9.17, 15) is 9.59 Å². The lowest BCUT2D eigenvalue weighted by Gasteiger charge is -2.17. The van der Waals surface area contributed by atoms with Crippen molar-refractivity contribution in [1.82, 2.24) is 5.32 Å². The summed E-state index contributed by atoms with van der Waals surface area (Å²) in [6.07, 6.45) is 0.532. The molecule has 1 atom stereocenters. The Labute approximate surface area is 71.3 Å². The topological polar surface area (TPSA) is 55.4 Å². The molecular weight excluding hydrogens is 158 g/mol. The van der Waals surface area contributed by atoms with Crippen molar-refractivity contribution >= 4 is 11.9 Å². The number of hydrogen-bond acceptors (Lipinski definition) is 3. The van der Waals surface area contributed by atoms with E-state index in [4.69, 9.17) is 4.74 Å². The molecule has 1 aliphatic rings. The number of nitrogens with one attached hydrogen (secondary N) is 1. The molecule has 1 rings (SSSR count). The molecule has 0 aromatic carbocycles. The van der Waals surface area contributed by atoms with Crippen molar-refractivity contribution in [2.24, 2.45) is 5.41 Å². The minimum Gasteiger partial charge on any atom is -0.465 e. The van der Waals surface area contributed by atoms with Crippen molar-refractivity contribution < 1.29 is 14.3 Å². The number of rotatable bonds is 2. The van der Waals surface area contributed by atoms with Crippen LogP contribution in [0.25, 0.3) is 0 Å². The molecule has 12 heavy (non-hydrogen) atoms. The lowest BCUT2D eigenvalue weighted by Crippen LogP contribution is -2.37. The molecule has 68 valence electrons. The molecule has 0 radical (unpaired) electrons. The zero-order valence-electron chi connectivity index (χ0n) is 7.35. The molecular formula is C8H13NO3. The van der Waals surface area contributed by atoms with Gasteiger partial charge in [0.1, 0.15) is 5.41 Å². The van der Waals surface area contributed by atoms with E-state index in [1.165, 1.54) is 0 Å². The highest BCUT2D eigenvalue weighted by atomic mass is 16.5. The van der Waals surface area contributed by atoms with Crippen molar-refractivity contribution in [2.75, 3.05) is 13.2 Å². The molecule has 0 aromatic rings. The number of carbonyl (C=O) groups is 2.